The van der Waals surface area contributed by atoms with Gasteiger partial charge in [0.25, 0.3) is 17.5 Å². The van der Waals surface area contributed by atoms with Crippen LogP contribution in [0.15, 0.2) is 42.5 Å². The summed E-state index contributed by atoms with van der Waals surface area (Å²) < 4.78 is 0. The molecule has 27 heavy (non-hydrogen) atoms. The van der Waals surface area contributed by atoms with E-state index in [9.17, 15) is 19.7 Å². The third kappa shape index (κ3) is 5.04. The molecule has 0 atom stereocenters. The molecule has 2 aromatic carbocycles. The van der Waals surface area contributed by atoms with Gasteiger partial charge in [-0.05, 0) is 56.7 Å². The number of nitro groups is 1. The maximum atomic E-state index is 12.3. The van der Waals surface area contributed by atoms with Crippen LogP contribution in [0.3, 0.4) is 0 Å². The number of anilines is 2. The molecule has 0 radical (unpaired) electrons. The van der Waals surface area contributed by atoms with Crippen LogP contribution >= 0.6 is 0 Å². The van der Waals surface area contributed by atoms with Gasteiger partial charge in [0.1, 0.15) is 5.69 Å². The summed E-state index contributed by atoms with van der Waals surface area (Å²) in [5.41, 5.74) is 5.93. The summed E-state index contributed by atoms with van der Waals surface area (Å²) in [7, 11) is 0. The van der Waals surface area contributed by atoms with Gasteiger partial charge in [0.15, 0.2) is 0 Å². The zero-order valence-electron chi connectivity index (χ0n) is 15.4. The van der Waals surface area contributed by atoms with E-state index in [0.29, 0.717) is 11.3 Å². The SMILES string of the molecule is CCC(C)(C)NC(=O)c1ccc(NC(=O)c2ccc(N)c([N+](=O)[O-])c2)cc1. The lowest BCUT2D eigenvalue weighted by atomic mass is 10.0. The highest BCUT2D eigenvalue weighted by Gasteiger charge is 2.19. The van der Waals surface area contributed by atoms with E-state index in [1.165, 1.54) is 12.1 Å². The van der Waals surface area contributed by atoms with E-state index < -0.39 is 10.8 Å². The Kier molecular flexibility index (Phi) is 5.79. The van der Waals surface area contributed by atoms with Crippen molar-refractivity contribution in [3.63, 3.8) is 0 Å². The van der Waals surface area contributed by atoms with E-state index >= 15 is 0 Å². The predicted molar refractivity (Wildman–Crippen MR) is 104 cm³/mol. The number of hydrogen-bond acceptors (Lipinski definition) is 5. The number of benzene rings is 2. The Labute approximate surface area is 156 Å². The molecule has 0 saturated heterocycles. The van der Waals surface area contributed by atoms with Gasteiger partial charge in [-0.2, -0.15) is 0 Å². The second-order valence-electron chi connectivity index (χ2n) is 6.75. The second kappa shape index (κ2) is 7.86. The quantitative estimate of drug-likeness (QED) is 0.408. The van der Waals surface area contributed by atoms with E-state index in [0.717, 1.165) is 12.5 Å². The maximum absolute atomic E-state index is 12.3. The molecule has 0 heterocycles. The molecule has 4 N–H and O–H groups in total. The minimum Gasteiger partial charge on any atom is -0.393 e. The number of hydrogen-bond donors (Lipinski definition) is 3. The normalized spacial score (nSPS) is 10.9. The zero-order valence-corrected chi connectivity index (χ0v) is 15.4. The molecular formula is C19H22N4O4. The molecule has 8 heteroatoms. The lowest BCUT2D eigenvalue weighted by Crippen LogP contribution is -2.42. The molecule has 0 bridgehead atoms. The largest absolute Gasteiger partial charge is 0.393 e. The third-order valence-electron chi connectivity index (χ3n) is 4.23. The first-order valence-corrected chi connectivity index (χ1v) is 8.41. The van der Waals surface area contributed by atoms with E-state index in [1.54, 1.807) is 24.3 Å². The highest BCUT2D eigenvalue weighted by atomic mass is 16.6. The molecule has 2 amide bonds. The van der Waals surface area contributed by atoms with Gasteiger partial charge in [-0.3, -0.25) is 19.7 Å². The third-order valence-corrected chi connectivity index (χ3v) is 4.23. The monoisotopic (exact) mass is 370 g/mol. The van der Waals surface area contributed by atoms with Crippen molar-refractivity contribution < 1.29 is 14.5 Å². The van der Waals surface area contributed by atoms with Crippen LogP contribution in [-0.2, 0) is 0 Å². The van der Waals surface area contributed by atoms with Crippen LogP contribution in [0, 0.1) is 10.1 Å². The highest BCUT2D eigenvalue weighted by Crippen LogP contribution is 2.23. The Bertz CT molecular complexity index is 876. The molecule has 8 nitrogen and oxygen atoms in total. The summed E-state index contributed by atoms with van der Waals surface area (Å²) >= 11 is 0. The molecule has 0 saturated carbocycles. The zero-order chi connectivity index (χ0) is 20.2. The molecule has 0 aliphatic carbocycles. The van der Waals surface area contributed by atoms with E-state index in [-0.39, 0.29) is 28.4 Å². The van der Waals surface area contributed by atoms with E-state index in [2.05, 4.69) is 10.6 Å². The summed E-state index contributed by atoms with van der Waals surface area (Å²) in [6.45, 7) is 5.86. The lowest BCUT2D eigenvalue weighted by Gasteiger charge is -2.24. The average Bonchev–Trinajstić information content (AvgIpc) is 2.62. The van der Waals surface area contributed by atoms with Gasteiger partial charge in [-0.15, -0.1) is 0 Å². The van der Waals surface area contributed by atoms with Crippen LogP contribution in [0.4, 0.5) is 17.1 Å². The number of carbonyl (C=O) groups is 2. The van der Waals surface area contributed by atoms with Crippen molar-refractivity contribution in [2.24, 2.45) is 0 Å². The molecule has 0 aliphatic rings. The fourth-order valence-electron chi connectivity index (χ4n) is 2.22. The number of nitrogens with zero attached hydrogens (tertiary/aromatic N) is 1. The fraction of sp³-hybridized carbons (Fsp3) is 0.263. The molecular weight excluding hydrogens is 348 g/mol. The van der Waals surface area contributed by atoms with Gasteiger partial charge in [0.05, 0.1) is 4.92 Å². The Hall–Kier alpha value is -3.42. The predicted octanol–water partition coefficient (Wildman–Crippen LogP) is 3.35. The van der Waals surface area contributed by atoms with Crippen molar-refractivity contribution in [3.8, 4) is 0 Å². The first-order chi connectivity index (χ1) is 12.6. The van der Waals surface area contributed by atoms with Crippen molar-refractivity contribution in [3.05, 3.63) is 63.7 Å². The summed E-state index contributed by atoms with van der Waals surface area (Å²) in [6.07, 6.45) is 0.792. The fourth-order valence-corrected chi connectivity index (χ4v) is 2.22. The Morgan fingerprint density at radius 3 is 2.22 bits per heavy atom. The van der Waals surface area contributed by atoms with Gasteiger partial charge in [-0.25, -0.2) is 0 Å². The van der Waals surface area contributed by atoms with Gasteiger partial charge < -0.3 is 16.4 Å². The number of nitrogens with one attached hydrogen (secondary N) is 2. The number of nitro benzene ring substituents is 1. The molecule has 142 valence electrons. The minimum absolute atomic E-state index is 0.0121. The minimum atomic E-state index is -0.642. The van der Waals surface area contributed by atoms with Gasteiger partial charge >= 0.3 is 0 Å². The summed E-state index contributed by atoms with van der Waals surface area (Å²) in [5, 5.41) is 16.5. The van der Waals surface area contributed by atoms with Gasteiger partial charge in [-0.1, -0.05) is 6.92 Å². The van der Waals surface area contributed by atoms with Crippen LogP contribution < -0.4 is 16.4 Å². The van der Waals surface area contributed by atoms with E-state index in [4.69, 9.17) is 5.73 Å². The Morgan fingerprint density at radius 1 is 1.07 bits per heavy atom. The first kappa shape index (κ1) is 19.9. The first-order valence-electron chi connectivity index (χ1n) is 8.41. The van der Waals surface area contributed by atoms with E-state index in [1.807, 2.05) is 20.8 Å². The second-order valence-corrected chi connectivity index (χ2v) is 6.75. The molecule has 2 rings (SSSR count). The molecule has 0 aliphatic heterocycles. The molecule has 0 spiro atoms. The molecule has 2 aromatic rings. The number of nitrogens with two attached hydrogens (primary N) is 1. The average molecular weight is 370 g/mol. The van der Waals surface area contributed by atoms with Crippen LogP contribution in [0.2, 0.25) is 0 Å². The Morgan fingerprint density at radius 2 is 1.67 bits per heavy atom. The maximum Gasteiger partial charge on any atom is 0.292 e. The number of rotatable bonds is 6. The van der Waals surface area contributed by atoms with Gasteiger partial charge in [0, 0.05) is 28.4 Å². The van der Waals surface area contributed by atoms with Crippen molar-refractivity contribution in [1.82, 2.24) is 5.32 Å². The van der Waals surface area contributed by atoms with Crippen molar-refractivity contribution >= 4 is 28.9 Å². The lowest BCUT2D eigenvalue weighted by molar-refractivity contribution is -0.383. The number of nitrogen functional groups attached to an aromatic ring is 1. The van der Waals surface area contributed by atoms with Crippen LogP contribution in [0.1, 0.15) is 47.9 Å². The summed E-state index contributed by atoms with van der Waals surface area (Å²) in [5.74, 6) is -0.712. The number of carbonyl (C=O) groups excluding carboxylic acids is 2. The topological polar surface area (TPSA) is 127 Å². The van der Waals surface area contributed by atoms with Crippen LogP contribution in [0.5, 0.6) is 0 Å². The summed E-state index contributed by atoms with van der Waals surface area (Å²) in [4.78, 5) is 34.8. The van der Waals surface area contributed by atoms with Crippen molar-refractivity contribution in [2.75, 3.05) is 11.1 Å². The van der Waals surface area contributed by atoms with Gasteiger partial charge in [0.2, 0.25) is 0 Å². The molecule has 0 unspecified atom stereocenters. The van der Waals surface area contributed by atoms with Crippen molar-refractivity contribution in [1.29, 1.82) is 0 Å². The Balaban J connectivity index is 2.10. The number of amides is 2. The van der Waals surface area contributed by atoms with Crippen molar-refractivity contribution in [2.45, 2.75) is 32.7 Å². The standard InChI is InChI=1S/C19H22N4O4/c1-4-19(2,3)22-18(25)12-5-8-14(9-6-12)21-17(24)13-7-10-15(20)16(11-13)23(26)27/h5-11H,4,20H2,1-3H3,(H,21,24)(H,22,25). The van der Waals surface area contributed by atoms with Crippen LogP contribution in [-0.4, -0.2) is 22.3 Å². The molecule has 0 aromatic heterocycles. The molecule has 0 fully saturated rings. The summed E-state index contributed by atoms with van der Waals surface area (Å²) in [6, 6.07) is 10.2. The smallest absolute Gasteiger partial charge is 0.292 e. The van der Waals surface area contributed by atoms with Crippen LogP contribution in [0.25, 0.3) is 0 Å². The highest BCUT2D eigenvalue weighted by molar-refractivity contribution is 6.05.